The summed E-state index contributed by atoms with van der Waals surface area (Å²) in [5.74, 6) is -3.74. The predicted molar refractivity (Wildman–Crippen MR) is 66.8 cm³/mol. The molecule has 0 radical (unpaired) electrons. The minimum Gasteiger partial charge on any atom is -0.503 e. The topological polar surface area (TPSA) is 32.3 Å². The van der Waals surface area contributed by atoms with Crippen molar-refractivity contribution in [3.63, 3.8) is 0 Å². The minimum absolute atomic E-state index is 0.0330. The van der Waals surface area contributed by atoms with Crippen LogP contribution in [0, 0.1) is 17.5 Å². The molecule has 0 fully saturated rings. The van der Waals surface area contributed by atoms with Gasteiger partial charge in [-0.15, -0.1) is 0 Å². The van der Waals surface area contributed by atoms with Crippen LogP contribution >= 0.6 is 11.6 Å². The van der Waals surface area contributed by atoms with E-state index < -0.39 is 23.2 Å². The van der Waals surface area contributed by atoms with Gasteiger partial charge >= 0.3 is 0 Å². The molecule has 0 heterocycles. The Kier molecular flexibility index (Phi) is 3.85. The first kappa shape index (κ1) is 13.5. The first-order chi connectivity index (χ1) is 8.99. The second-order valence-electron chi connectivity index (χ2n) is 3.86. The van der Waals surface area contributed by atoms with E-state index in [0.29, 0.717) is 0 Å². The molecule has 0 aromatic heterocycles. The van der Waals surface area contributed by atoms with Gasteiger partial charge in [-0.2, -0.15) is 0 Å². The van der Waals surface area contributed by atoms with Crippen molar-refractivity contribution in [2.75, 3.05) is 5.32 Å². The number of phenols is 1. The third-order valence-corrected chi connectivity index (χ3v) is 2.82. The Morgan fingerprint density at radius 3 is 2.26 bits per heavy atom. The number of benzene rings is 2. The number of aromatic hydroxyl groups is 1. The maximum atomic E-state index is 13.4. The smallest absolute Gasteiger partial charge is 0.187 e. The van der Waals surface area contributed by atoms with Gasteiger partial charge in [-0.25, -0.2) is 13.2 Å². The monoisotopic (exact) mass is 287 g/mol. The Labute approximate surface area is 112 Å². The van der Waals surface area contributed by atoms with E-state index in [1.807, 2.05) is 0 Å². The van der Waals surface area contributed by atoms with Crippen molar-refractivity contribution >= 4 is 17.3 Å². The second kappa shape index (κ2) is 5.40. The molecule has 2 N–H and O–H groups in total. The van der Waals surface area contributed by atoms with Crippen molar-refractivity contribution < 1.29 is 18.3 Å². The minimum atomic E-state index is -1.07. The van der Waals surface area contributed by atoms with Gasteiger partial charge in [0.1, 0.15) is 5.82 Å². The largest absolute Gasteiger partial charge is 0.503 e. The molecule has 2 nitrogen and oxygen atoms in total. The standard InChI is InChI=1S/C13H9ClF3NO/c14-8-2-1-3-9(15)12(8)18-6-7-4-10(16)13(19)11(17)5-7/h1-5,18-19H,6H2. The fraction of sp³-hybridized carbons (Fsp3) is 0.0769. The zero-order valence-corrected chi connectivity index (χ0v) is 10.3. The van der Waals surface area contributed by atoms with Gasteiger partial charge in [-0.3, -0.25) is 0 Å². The van der Waals surface area contributed by atoms with Crippen molar-refractivity contribution in [1.82, 2.24) is 0 Å². The highest BCUT2D eigenvalue weighted by atomic mass is 35.5. The van der Waals surface area contributed by atoms with Crippen LogP contribution in [0.2, 0.25) is 5.02 Å². The second-order valence-corrected chi connectivity index (χ2v) is 4.27. The van der Waals surface area contributed by atoms with Crippen molar-refractivity contribution in [3.8, 4) is 5.75 Å². The molecule has 6 heteroatoms. The summed E-state index contributed by atoms with van der Waals surface area (Å²) in [6.07, 6.45) is 0. The highest BCUT2D eigenvalue weighted by Gasteiger charge is 2.11. The van der Waals surface area contributed by atoms with E-state index in [1.165, 1.54) is 18.2 Å². The van der Waals surface area contributed by atoms with E-state index in [9.17, 15) is 13.2 Å². The zero-order chi connectivity index (χ0) is 14.0. The van der Waals surface area contributed by atoms with Crippen molar-refractivity contribution in [2.24, 2.45) is 0 Å². The van der Waals surface area contributed by atoms with Gasteiger partial charge < -0.3 is 10.4 Å². The number of hydrogen-bond donors (Lipinski definition) is 2. The summed E-state index contributed by atoms with van der Waals surface area (Å²) in [5.41, 5.74) is 0.269. The zero-order valence-electron chi connectivity index (χ0n) is 9.55. The van der Waals surface area contributed by atoms with Crippen LogP contribution in [0.5, 0.6) is 5.75 Å². The summed E-state index contributed by atoms with van der Waals surface area (Å²) < 4.78 is 39.7. The van der Waals surface area contributed by atoms with Crippen LogP contribution in [-0.4, -0.2) is 5.11 Å². The maximum absolute atomic E-state index is 13.4. The molecule has 2 aromatic rings. The number of rotatable bonds is 3. The van der Waals surface area contributed by atoms with Crippen molar-refractivity contribution in [1.29, 1.82) is 0 Å². The number of hydrogen-bond acceptors (Lipinski definition) is 2. The van der Waals surface area contributed by atoms with Crippen LogP contribution in [0.25, 0.3) is 0 Å². The molecule has 0 unspecified atom stereocenters. The van der Waals surface area contributed by atoms with E-state index >= 15 is 0 Å². The maximum Gasteiger partial charge on any atom is 0.187 e. The number of phenolic OH excluding ortho intramolecular Hbond substituents is 1. The van der Waals surface area contributed by atoms with E-state index in [2.05, 4.69) is 5.32 Å². The highest BCUT2D eigenvalue weighted by Crippen LogP contribution is 2.26. The average molecular weight is 288 g/mol. The molecular weight excluding hydrogens is 279 g/mol. The fourth-order valence-electron chi connectivity index (χ4n) is 1.58. The summed E-state index contributed by atoms with van der Waals surface area (Å²) in [4.78, 5) is 0. The molecule has 0 aliphatic heterocycles. The molecule has 0 spiro atoms. The van der Waals surface area contributed by atoms with Gasteiger partial charge in [0.25, 0.3) is 0 Å². The normalized spacial score (nSPS) is 10.5. The number of nitrogens with one attached hydrogen (secondary N) is 1. The summed E-state index contributed by atoms with van der Waals surface area (Å²) in [5, 5.41) is 11.8. The lowest BCUT2D eigenvalue weighted by Gasteiger charge is -2.10. The molecule has 0 aliphatic rings. The van der Waals surface area contributed by atoms with E-state index in [4.69, 9.17) is 16.7 Å². The highest BCUT2D eigenvalue weighted by molar-refractivity contribution is 6.33. The Hall–Kier alpha value is -1.88. The molecule has 0 atom stereocenters. The van der Waals surface area contributed by atoms with Gasteiger partial charge in [0.2, 0.25) is 0 Å². The summed E-state index contributed by atoms with van der Waals surface area (Å²) in [6.45, 7) is -0.0330. The van der Waals surface area contributed by atoms with Gasteiger partial charge in [0.05, 0.1) is 10.7 Å². The van der Waals surface area contributed by atoms with Crippen molar-refractivity contribution in [2.45, 2.75) is 6.54 Å². The molecular formula is C13H9ClF3NO. The fourth-order valence-corrected chi connectivity index (χ4v) is 1.81. The van der Waals surface area contributed by atoms with Crippen LogP contribution < -0.4 is 5.32 Å². The molecule has 100 valence electrons. The molecule has 0 aliphatic carbocycles. The van der Waals surface area contributed by atoms with Crippen LogP contribution in [-0.2, 0) is 6.54 Å². The van der Waals surface area contributed by atoms with Crippen LogP contribution in [0.1, 0.15) is 5.56 Å². The molecule has 2 rings (SSSR count). The lowest BCUT2D eigenvalue weighted by molar-refractivity contribution is 0.395. The quantitative estimate of drug-likeness (QED) is 0.892. The van der Waals surface area contributed by atoms with E-state index in [-0.39, 0.29) is 22.8 Å². The first-order valence-electron chi connectivity index (χ1n) is 5.34. The van der Waals surface area contributed by atoms with Gasteiger partial charge in [-0.1, -0.05) is 17.7 Å². The van der Waals surface area contributed by atoms with Gasteiger partial charge in [-0.05, 0) is 29.8 Å². The summed E-state index contributed by atoms with van der Waals surface area (Å²) >= 11 is 5.79. The lowest BCUT2D eigenvalue weighted by Crippen LogP contribution is -2.03. The number of para-hydroxylation sites is 1. The Morgan fingerprint density at radius 1 is 1.05 bits per heavy atom. The van der Waals surface area contributed by atoms with Crippen molar-refractivity contribution in [3.05, 3.63) is 58.4 Å². The van der Waals surface area contributed by atoms with Gasteiger partial charge in [0, 0.05) is 6.54 Å². The van der Waals surface area contributed by atoms with E-state index in [1.54, 1.807) is 0 Å². The summed E-state index contributed by atoms with van der Waals surface area (Å²) in [6, 6.07) is 6.07. The molecule has 19 heavy (non-hydrogen) atoms. The van der Waals surface area contributed by atoms with E-state index in [0.717, 1.165) is 12.1 Å². The summed E-state index contributed by atoms with van der Waals surface area (Å²) in [7, 11) is 0. The molecule has 0 saturated carbocycles. The Morgan fingerprint density at radius 2 is 1.68 bits per heavy atom. The Balaban J connectivity index is 2.19. The Bertz CT molecular complexity index is 576. The molecule has 2 aromatic carbocycles. The van der Waals surface area contributed by atoms with Crippen LogP contribution in [0.4, 0.5) is 18.9 Å². The molecule has 0 amide bonds. The molecule has 0 bridgehead atoms. The average Bonchev–Trinajstić information content (AvgIpc) is 2.35. The first-order valence-corrected chi connectivity index (χ1v) is 5.71. The SMILES string of the molecule is Oc1c(F)cc(CNc2c(F)cccc2Cl)cc1F. The van der Waals surface area contributed by atoms with Gasteiger partial charge in [0.15, 0.2) is 17.4 Å². The third kappa shape index (κ3) is 2.93. The lowest BCUT2D eigenvalue weighted by atomic mass is 10.2. The number of anilines is 1. The third-order valence-electron chi connectivity index (χ3n) is 2.51. The predicted octanol–water partition coefficient (Wildman–Crippen LogP) is 4.08. The molecule has 0 saturated heterocycles. The van der Waals surface area contributed by atoms with Crippen LogP contribution in [0.3, 0.4) is 0 Å². The van der Waals surface area contributed by atoms with Crippen LogP contribution in [0.15, 0.2) is 30.3 Å². The number of halogens is 4.